The molecule has 0 saturated heterocycles. The number of nitrogens with one attached hydrogen (secondary N) is 1. The molecule has 1 aromatic carbocycles. The first-order chi connectivity index (χ1) is 11.4. The smallest absolute Gasteiger partial charge is 0.253 e. The summed E-state index contributed by atoms with van der Waals surface area (Å²) in [5.74, 6) is 0.141. The molecule has 0 bridgehead atoms. The number of benzene rings is 1. The zero-order chi connectivity index (χ0) is 17.3. The lowest BCUT2D eigenvalue weighted by molar-refractivity contribution is 0.0330. The van der Waals surface area contributed by atoms with E-state index in [1.54, 1.807) is 26.0 Å². The average molecular weight is 324 g/mol. The highest BCUT2D eigenvalue weighted by atomic mass is 16.4. The lowest BCUT2D eigenvalue weighted by atomic mass is 10.0. The number of rotatable bonds is 4. The Balaban J connectivity index is 1.82. The highest BCUT2D eigenvalue weighted by Gasteiger charge is 2.27. The molecule has 2 heterocycles. The van der Waals surface area contributed by atoms with Crippen LogP contribution in [0.25, 0.3) is 10.9 Å². The minimum absolute atomic E-state index is 0.0463. The van der Waals surface area contributed by atoms with Crippen LogP contribution in [0.5, 0.6) is 0 Å². The topological polar surface area (TPSA) is 75.4 Å². The summed E-state index contributed by atoms with van der Waals surface area (Å²) in [5.41, 5.74) is 1.86. The molecule has 0 radical (unpaired) electrons. The van der Waals surface area contributed by atoms with Crippen LogP contribution >= 0.6 is 0 Å². The SMILES string of the molecule is Cc1ccc2nc(C)c(C(=O)NCC(C)(O)c3ccco3)cc2c1. The number of hydrogen-bond acceptors (Lipinski definition) is 4. The first-order valence-corrected chi connectivity index (χ1v) is 7.79. The molecule has 0 spiro atoms. The lowest BCUT2D eigenvalue weighted by Crippen LogP contribution is -2.38. The number of fused-ring (bicyclic) bond motifs is 1. The van der Waals surface area contributed by atoms with Crippen molar-refractivity contribution in [2.75, 3.05) is 6.54 Å². The normalized spacial score (nSPS) is 13.7. The molecule has 2 aromatic heterocycles. The fourth-order valence-electron chi connectivity index (χ4n) is 2.64. The maximum atomic E-state index is 12.5. The van der Waals surface area contributed by atoms with E-state index >= 15 is 0 Å². The van der Waals surface area contributed by atoms with Gasteiger partial charge in [-0.1, -0.05) is 11.6 Å². The molecule has 3 rings (SSSR count). The van der Waals surface area contributed by atoms with Gasteiger partial charge in [-0.3, -0.25) is 9.78 Å². The third-order valence-corrected chi connectivity index (χ3v) is 4.05. The van der Waals surface area contributed by atoms with Crippen LogP contribution in [0.2, 0.25) is 0 Å². The molecular weight excluding hydrogens is 304 g/mol. The number of pyridine rings is 1. The molecule has 0 aliphatic heterocycles. The van der Waals surface area contributed by atoms with E-state index in [9.17, 15) is 9.90 Å². The quantitative estimate of drug-likeness (QED) is 0.773. The number of aryl methyl sites for hydroxylation is 2. The average Bonchev–Trinajstić information content (AvgIpc) is 3.08. The summed E-state index contributed by atoms with van der Waals surface area (Å²) in [7, 11) is 0. The summed E-state index contributed by atoms with van der Waals surface area (Å²) >= 11 is 0. The fourth-order valence-corrected chi connectivity index (χ4v) is 2.64. The van der Waals surface area contributed by atoms with Gasteiger partial charge in [-0.2, -0.15) is 0 Å². The summed E-state index contributed by atoms with van der Waals surface area (Å²) in [6.45, 7) is 5.45. The van der Waals surface area contributed by atoms with Crippen molar-refractivity contribution in [2.24, 2.45) is 0 Å². The third kappa shape index (κ3) is 3.16. The monoisotopic (exact) mass is 324 g/mol. The van der Waals surface area contributed by atoms with Gasteiger partial charge in [-0.05, 0) is 51.1 Å². The fraction of sp³-hybridized carbons (Fsp3) is 0.263. The van der Waals surface area contributed by atoms with E-state index in [4.69, 9.17) is 4.42 Å². The molecule has 0 fully saturated rings. The minimum Gasteiger partial charge on any atom is -0.466 e. The molecule has 3 aromatic rings. The number of hydrogen-bond donors (Lipinski definition) is 2. The molecule has 1 unspecified atom stereocenters. The van der Waals surface area contributed by atoms with Gasteiger partial charge < -0.3 is 14.8 Å². The second-order valence-corrected chi connectivity index (χ2v) is 6.25. The van der Waals surface area contributed by atoms with Gasteiger partial charge in [0.2, 0.25) is 0 Å². The number of amides is 1. The maximum absolute atomic E-state index is 12.5. The van der Waals surface area contributed by atoms with Gasteiger partial charge in [0.1, 0.15) is 11.4 Å². The molecule has 2 N–H and O–H groups in total. The van der Waals surface area contributed by atoms with Crippen molar-refractivity contribution in [1.29, 1.82) is 0 Å². The van der Waals surface area contributed by atoms with Crippen LogP contribution in [0.3, 0.4) is 0 Å². The molecule has 0 saturated carbocycles. The standard InChI is InChI=1S/C19H20N2O3/c1-12-6-7-16-14(9-12)10-15(13(2)21-16)18(22)20-11-19(3,23)17-5-4-8-24-17/h4-10,23H,11H2,1-3H3,(H,20,22). The molecule has 24 heavy (non-hydrogen) atoms. The van der Waals surface area contributed by atoms with Crippen molar-refractivity contribution in [3.63, 3.8) is 0 Å². The minimum atomic E-state index is -1.27. The van der Waals surface area contributed by atoms with Gasteiger partial charge in [-0.25, -0.2) is 0 Å². The highest BCUT2D eigenvalue weighted by molar-refractivity contribution is 5.98. The van der Waals surface area contributed by atoms with Crippen LogP contribution in [-0.4, -0.2) is 22.5 Å². The second-order valence-electron chi connectivity index (χ2n) is 6.25. The van der Waals surface area contributed by atoms with Gasteiger partial charge >= 0.3 is 0 Å². The van der Waals surface area contributed by atoms with E-state index in [1.807, 2.05) is 31.2 Å². The number of carbonyl (C=O) groups excluding carboxylic acids is 1. The number of nitrogens with zero attached hydrogens (tertiary/aromatic N) is 1. The van der Waals surface area contributed by atoms with Crippen molar-refractivity contribution in [3.05, 3.63) is 65.2 Å². The summed E-state index contributed by atoms with van der Waals surface area (Å²) < 4.78 is 5.22. The summed E-state index contributed by atoms with van der Waals surface area (Å²) in [6, 6.07) is 11.2. The Labute approximate surface area is 140 Å². The van der Waals surface area contributed by atoms with E-state index in [1.165, 1.54) is 6.26 Å². The Morgan fingerprint density at radius 2 is 2.08 bits per heavy atom. The number of furan rings is 1. The number of aliphatic hydroxyl groups is 1. The van der Waals surface area contributed by atoms with Crippen molar-refractivity contribution in [3.8, 4) is 0 Å². The van der Waals surface area contributed by atoms with Crippen LogP contribution in [0.1, 0.15) is 34.3 Å². The molecule has 5 heteroatoms. The molecule has 124 valence electrons. The molecule has 0 aliphatic rings. The summed E-state index contributed by atoms with van der Waals surface area (Å²) in [5, 5.41) is 14.1. The van der Waals surface area contributed by atoms with Crippen LogP contribution in [0.4, 0.5) is 0 Å². The number of aromatic nitrogens is 1. The molecule has 0 aliphatic carbocycles. The predicted molar refractivity (Wildman–Crippen MR) is 91.8 cm³/mol. The summed E-state index contributed by atoms with van der Waals surface area (Å²) in [6.07, 6.45) is 1.49. The van der Waals surface area contributed by atoms with Gasteiger partial charge in [0, 0.05) is 5.39 Å². The van der Waals surface area contributed by atoms with E-state index in [0.717, 1.165) is 16.5 Å². The van der Waals surface area contributed by atoms with Crippen molar-refractivity contribution in [1.82, 2.24) is 10.3 Å². The molecule has 1 atom stereocenters. The van der Waals surface area contributed by atoms with Crippen molar-refractivity contribution < 1.29 is 14.3 Å². The van der Waals surface area contributed by atoms with E-state index in [0.29, 0.717) is 17.0 Å². The van der Waals surface area contributed by atoms with E-state index < -0.39 is 5.60 Å². The second kappa shape index (κ2) is 6.09. The van der Waals surface area contributed by atoms with Crippen LogP contribution in [0, 0.1) is 13.8 Å². The highest BCUT2D eigenvalue weighted by Crippen LogP contribution is 2.21. The van der Waals surface area contributed by atoms with Crippen molar-refractivity contribution in [2.45, 2.75) is 26.4 Å². The van der Waals surface area contributed by atoms with Crippen LogP contribution in [-0.2, 0) is 5.60 Å². The third-order valence-electron chi connectivity index (χ3n) is 4.05. The molecule has 1 amide bonds. The van der Waals surface area contributed by atoms with Crippen LogP contribution in [0.15, 0.2) is 47.1 Å². The zero-order valence-corrected chi connectivity index (χ0v) is 14.0. The summed E-state index contributed by atoms with van der Waals surface area (Å²) in [4.78, 5) is 17.0. The molecule has 5 nitrogen and oxygen atoms in total. The van der Waals surface area contributed by atoms with Gasteiger partial charge in [0.05, 0.1) is 29.6 Å². The van der Waals surface area contributed by atoms with Gasteiger partial charge in [0.15, 0.2) is 0 Å². The molecular formula is C19H20N2O3. The van der Waals surface area contributed by atoms with Gasteiger partial charge in [0.25, 0.3) is 5.91 Å². The Kier molecular flexibility index (Phi) is 4.11. The Hall–Kier alpha value is -2.66. The lowest BCUT2D eigenvalue weighted by Gasteiger charge is -2.21. The van der Waals surface area contributed by atoms with Crippen molar-refractivity contribution >= 4 is 16.8 Å². The number of carbonyl (C=O) groups is 1. The predicted octanol–water partition coefficient (Wildman–Crippen LogP) is 3.08. The zero-order valence-electron chi connectivity index (χ0n) is 14.0. The Bertz CT molecular complexity index is 883. The van der Waals surface area contributed by atoms with Crippen LogP contribution < -0.4 is 5.32 Å². The van der Waals surface area contributed by atoms with Gasteiger partial charge in [-0.15, -0.1) is 0 Å². The Morgan fingerprint density at radius 1 is 1.29 bits per heavy atom. The van der Waals surface area contributed by atoms with E-state index in [2.05, 4.69) is 10.3 Å². The first kappa shape index (κ1) is 16.2. The largest absolute Gasteiger partial charge is 0.466 e. The first-order valence-electron chi connectivity index (χ1n) is 7.79. The maximum Gasteiger partial charge on any atom is 0.253 e. The Morgan fingerprint density at radius 3 is 2.79 bits per heavy atom. The van der Waals surface area contributed by atoms with E-state index in [-0.39, 0.29) is 12.5 Å².